The number of benzene rings is 1. The van der Waals surface area contributed by atoms with E-state index in [1.807, 2.05) is 11.7 Å². The first kappa shape index (κ1) is 17.1. The standard InChI is InChI=1S/C19H21ClN4O2/c1-23-17(15-3-2-4-16(15)22-23)10-21-19(26)12-9-18(25)24(11-12)14-7-5-13(20)6-8-14/h5-8,12H,2-4,9-11H2,1H3,(H,21,26). The summed E-state index contributed by atoms with van der Waals surface area (Å²) in [7, 11) is 1.92. The van der Waals surface area contributed by atoms with Crippen LogP contribution in [0.15, 0.2) is 24.3 Å². The van der Waals surface area contributed by atoms with Crippen molar-refractivity contribution in [2.75, 3.05) is 11.4 Å². The van der Waals surface area contributed by atoms with Crippen molar-refractivity contribution in [2.45, 2.75) is 32.2 Å². The van der Waals surface area contributed by atoms with Crippen LogP contribution < -0.4 is 10.2 Å². The lowest BCUT2D eigenvalue weighted by Crippen LogP contribution is -2.33. The zero-order valence-corrected chi connectivity index (χ0v) is 15.4. The summed E-state index contributed by atoms with van der Waals surface area (Å²) in [5.74, 6) is -0.448. The maximum Gasteiger partial charge on any atom is 0.227 e. The van der Waals surface area contributed by atoms with Gasteiger partial charge in [-0.2, -0.15) is 5.10 Å². The van der Waals surface area contributed by atoms with Crippen LogP contribution in [0.3, 0.4) is 0 Å². The number of nitrogens with zero attached hydrogens (tertiary/aromatic N) is 3. The quantitative estimate of drug-likeness (QED) is 0.894. The SMILES string of the molecule is Cn1nc2c(c1CNC(=O)C1CC(=O)N(c3ccc(Cl)cc3)C1)CCC2. The third-order valence-corrected chi connectivity index (χ3v) is 5.51. The molecule has 26 heavy (non-hydrogen) atoms. The number of hydrogen-bond acceptors (Lipinski definition) is 3. The summed E-state index contributed by atoms with van der Waals surface area (Å²) < 4.78 is 1.87. The number of rotatable bonds is 4. The summed E-state index contributed by atoms with van der Waals surface area (Å²) in [6.45, 7) is 0.860. The lowest BCUT2D eigenvalue weighted by Gasteiger charge is -2.17. The molecule has 1 saturated heterocycles. The van der Waals surface area contributed by atoms with Gasteiger partial charge in [-0.15, -0.1) is 0 Å². The summed E-state index contributed by atoms with van der Waals surface area (Å²) in [6.07, 6.45) is 3.41. The Kier molecular flexibility index (Phi) is 4.44. The first-order valence-corrected chi connectivity index (χ1v) is 9.28. The Balaban J connectivity index is 1.40. The average Bonchev–Trinajstić information content (AvgIpc) is 3.29. The largest absolute Gasteiger partial charge is 0.350 e. The number of nitrogens with one attached hydrogen (secondary N) is 1. The molecular formula is C19H21ClN4O2. The molecule has 1 atom stereocenters. The zero-order valence-electron chi connectivity index (χ0n) is 14.7. The molecule has 1 N–H and O–H groups in total. The van der Waals surface area contributed by atoms with Crippen LogP contribution in [0.1, 0.15) is 29.8 Å². The Morgan fingerprint density at radius 3 is 2.85 bits per heavy atom. The predicted octanol–water partition coefficient (Wildman–Crippen LogP) is 2.23. The van der Waals surface area contributed by atoms with E-state index in [1.165, 1.54) is 5.56 Å². The normalized spacial score (nSPS) is 19.1. The van der Waals surface area contributed by atoms with Gasteiger partial charge in [-0.05, 0) is 49.1 Å². The van der Waals surface area contributed by atoms with E-state index < -0.39 is 0 Å². The molecule has 2 amide bonds. The summed E-state index contributed by atoms with van der Waals surface area (Å²) >= 11 is 5.90. The molecule has 1 fully saturated rings. The third-order valence-electron chi connectivity index (χ3n) is 5.26. The topological polar surface area (TPSA) is 67.2 Å². The third kappa shape index (κ3) is 3.09. The van der Waals surface area contributed by atoms with Gasteiger partial charge in [0.05, 0.1) is 23.9 Å². The number of aromatic nitrogens is 2. The lowest BCUT2D eigenvalue weighted by atomic mass is 10.1. The average molecular weight is 373 g/mol. The minimum atomic E-state index is -0.334. The molecule has 0 spiro atoms. The fourth-order valence-electron chi connectivity index (χ4n) is 3.88. The number of hydrogen-bond donors (Lipinski definition) is 1. The fourth-order valence-corrected chi connectivity index (χ4v) is 4.00. The van der Waals surface area contributed by atoms with Crippen molar-refractivity contribution >= 4 is 29.1 Å². The van der Waals surface area contributed by atoms with Crippen LogP contribution in [0.4, 0.5) is 5.69 Å². The van der Waals surface area contributed by atoms with Gasteiger partial charge < -0.3 is 10.2 Å². The minimum absolute atomic E-state index is 0.0334. The van der Waals surface area contributed by atoms with Crippen molar-refractivity contribution in [1.82, 2.24) is 15.1 Å². The van der Waals surface area contributed by atoms with Crippen molar-refractivity contribution in [3.63, 3.8) is 0 Å². The second-order valence-electron chi connectivity index (χ2n) is 6.95. The minimum Gasteiger partial charge on any atom is -0.350 e. The van der Waals surface area contributed by atoms with Gasteiger partial charge in [0, 0.05) is 30.7 Å². The number of amides is 2. The Morgan fingerprint density at radius 2 is 2.08 bits per heavy atom. The van der Waals surface area contributed by atoms with Crippen LogP contribution in [-0.2, 0) is 36.0 Å². The van der Waals surface area contributed by atoms with Gasteiger partial charge in [0.2, 0.25) is 11.8 Å². The van der Waals surface area contributed by atoms with Crippen molar-refractivity contribution in [3.05, 3.63) is 46.2 Å². The van der Waals surface area contributed by atoms with E-state index in [2.05, 4.69) is 10.4 Å². The Morgan fingerprint density at radius 1 is 1.31 bits per heavy atom. The molecule has 6 nitrogen and oxygen atoms in total. The van der Waals surface area contributed by atoms with Crippen LogP contribution in [0.2, 0.25) is 5.02 Å². The highest BCUT2D eigenvalue weighted by Crippen LogP contribution is 2.27. The Bertz CT molecular complexity index is 859. The highest BCUT2D eigenvalue weighted by atomic mass is 35.5. The second-order valence-corrected chi connectivity index (χ2v) is 7.39. The fraction of sp³-hybridized carbons (Fsp3) is 0.421. The molecule has 2 aromatic rings. The molecule has 4 rings (SSSR count). The van der Waals surface area contributed by atoms with Gasteiger partial charge >= 0.3 is 0 Å². The molecule has 0 saturated carbocycles. The van der Waals surface area contributed by atoms with Crippen molar-refractivity contribution in [3.8, 4) is 0 Å². The van der Waals surface area contributed by atoms with E-state index in [0.29, 0.717) is 18.1 Å². The smallest absolute Gasteiger partial charge is 0.227 e. The van der Waals surface area contributed by atoms with E-state index in [9.17, 15) is 9.59 Å². The molecular weight excluding hydrogens is 352 g/mol. The van der Waals surface area contributed by atoms with E-state index in [4.69, 9.17) is 11.6 Å². The van der Waals surface area contributed by atoms with Crippen LogP contribution in [0.25, 0.3) is 0 Å². The van der Waals surface area contributed by atoms with Gasteiger partial charge in [-0.3, -0.25) is 14.3 Å². The van der Waals surface area contributed by atoms with Crippen molar-refractivity contribution in [1.29, 1.82) is 0 Å². The summed E-state index contributed by atoms with van der Waals surface area (Å²) in [5, 5.41) is 8.15. The first-order chi connectivity index (χ1) is 12.5. The summed E-state index contributed by atoms with van der Waals surface area (Å²) in [4.78, 5) is 26.6. The van der Waals surface area contributed by atoms with Gasteiger partial charge in [-0.25, -0.2) is 0 Å². The van der Waals surface area contributed by atoms with Crippen molar-refractivity contribution < 1.29 is 9.59 Å². The number of halogens is 1. The van der Waals surface area contributed by atoms with E-state index in [0.717, 1.165) is 36.3 Å². The first-order valence-electron chi connectivity index (χ1n) is 8.90. The van der Waals surface area contributed by atoms with Gasteiger partial charge in [0.25, 0.3) is 0 Å². The van der Waals surface area contributed by atoms with E-state index in [-0.39, 0.29) is 24.2 Å². The van der Waals surface area contributed by atoms with Crippen LogP contribution in [0.5, 0.6) is 0 Å². The van der Waals surface area contributed by atoms with Gasteiger partial charge in [0.15, 0.2) is 0 Å². The van der Waals surface area contributed by atoms with Crippen molar-refractivity contribution in [2.24, 2.45) is 13.0 Å². The monoisotopic (exact) mass is 372 g/mol. The number of carbonyl (C=O) groups excluding carboxylic acids is 2. The van der Waals surface area contributed by atoms with Gasteiger partial charge in [-0.1, -0.05) is 11.6 Å². The second kappa shape index (κ2) is 6.76. The number of carbonyl (C=O) groups is 2. The molecule has 1 aliphatic heterocycles. The molecule has 7 heteroatoms. The summed E-state index contributed by atoms with van der Waals surface area (Å²) in [6, 6.07) is 7.11. The number of anilines is 1. The molecule has 1 aromatic heterocycles. The molecule has 1 aromatic carbocycles. The molecule has 1 unspecified atom stereocenters. The molecule has 0 bridgehead atoms. The molecule has 136 valence electrons. The molecule has 2 aliphatic rings. The highest BCUT2D eigenvalue weighted by molar-refractivity contribution is 6.30. The van der Waals surface area contributed by atoms with Gasteiger partial charge in [0.1, 0.15) is 0 Å². The molecule has 0 radical (unpaired) electrons. The molecule has 1 aliphatic carbocycles. The van der Waals surface area contributed by atoms with E-state index >= 15 is 0 Å². The number of aryl methyl sites for hydroxylation is 2. The summed E-state index contributed by atoms with van der Waals surface area (Å²) in [5.41, 5.74) is 4.28. The molecule has 2 heterocycles. The Labute approximate surface area is 157 Å². The van der Waals surface area contributed by atoms with Crippen LogP contribution in [-0.4, -0.2) is 28.1 Å². The van der Waals surface area contributed by atoms with E-state index in [1.54, 1.807) is 29.2 Å². The lowest BCUT2D eigenvalue weighted by molar-refractivity contribution is -0.126. The highest BCUT2D eigenvalue weighted by Gasteiger charge is 2.35. The zero-order chi connectivity index (χ0) is 18.3. The van der Waals surface area contributed by atoms with Crippen LogP contribution >= 0.6 is 11.6 Å². The predicted molar refractivity (Wildman–Crippen MR) is 99.0 cm³/mol. The van der Waals surface area contributed by atoms with Crippen LogP contribution in [0, 0.1) is 5.92 Å². The Hall–Kier alpha value is -2.34. The number of fused-ring (bicyclic) bond motifs is 1. The maximum atomic E-state index is 12.6. The maximum absolute atomic E-state index is 12.6.